The highest BCUT2D eigenvalue weighted by atomic mass is 35.5. The molecule has 3 aliphatic rings. The van der Waals surface area contributed by atoms with E-state index in [1.54, 1.807) is 17.0 Å². The Kier molecular flexibility index (Phi) is 9.60. The molecule has 42 heavy (non-hydrogen) atoms. The molecule has 9 heteroatoms. The van der Waals surface area contributed by atoms with Crippen LogP contribution in [0.15, 0.2) is 43.5 Å². The summed E-state index contributed by atoms with van der Waals surface area (Å²) in [6.07, 6.45) is 6.21. The average Bonchev–Trinajstić information content (AvgIpc) is 3.44. The highest BCUT2D eigenvalue weighted by Crippen LogP contribution is 2.66. The van der Waals surface area contributed by atoms with Crippen LogP contribution >= 0.6 is 11.6 Å². The number of likely N-dealkylation sites (tertiary alicyclic amines) is 1. The van der Waals surface area contributed by atoms with E-state index in [4.69, 9.17) is 21.1 Å². The van der Waals surface area contributed by atoms with E-state index >= 15 is 0 Å². The third-order valence-electron chi connectivity index (χ3n) is 9.64. The first-order valence-electron chi connectivity index (χ1n) is 15.0. The van der Waals surface area contributed by atoms with Crippen LogP contribution in [0, 0.1) is 30.6 Å². The van der Waals surface area contributed by atoms with Crippen molar-refractivity contribution >= 4 is 35.1 Å². The van der Waals surface area contributed by atoms with Crippen LogP contribution in [-0.4, -0.2) is 70.8 Å². The maximum atomic E-state index is 14.9. The van der Waals surface area contributed by atoms with Gasteiger partial charge in [-0.2, -0.15) is 0 Å². The van der Waals surface area contributed by atoms with Gasteiger partial charge in [-0.05, 0) is 63.0 Å². The van der Waals surface area contributed by atoms with Crippen LogP contribution in [0.3, 0.4) is 0 Å². The van der Waals surface area contributed by atoms with E-state index in [0.29, 0.717) is 23.6 Å². The number of aryl methyl sites for hydroxylation is 1. The van der Waals surface area contributed by atoms with Crippen molar-refractivity contribution in [1.82, 2.24) is 4.90 Å². The van der Waals surface area contributed by atoms with Crippen molar-refractivity contribution in [2.45, 2.75) is 83.6 Å². The van der Waals surface area contributed by atoms with Crippen LogP contribution in [-0.2, 0) is 23.9 Å². The number of nitrogens with zero attached hydrogens (tertiary/aromatic N) is 2. The Labute approximate surface area is 254 Å². The molecule has 3 aliphatic heterocycles. The molecule has 2 amide bonds. The fourth-order valence-corrected chi connectivity index (χ4v) is 7.80. The third-order valence-corrected chi connectivity index (χ3v) is 9.94. The van der Waals surface area contributed by atoms with E-state index in [1.807, 2.05) is 52.8 Å². The molecule has 7 atom stereocenters. The summed E-state index contributed by atoms with van der Waals surface area (Å²) >= 11 is 6.65. The van der Waals surface area contributed by atoms with Crippen molar-refractivity contribution in [2.24, 2.45) is 23.7 Å². The number of hydrogen-bond donors (Lipinski definition) is 1. The molecule has 0 saturated carbocycles. The fourth-order valence-electron chi connectivity index (χ4n) is 7.48. The molecule has 0 aromatic heterocycles. The number of ether oxygens (including phenoxy) is 2. The molecule has 3 fully saturated rings. The van der Waals surface area contributed by atoms with Crippen LogP contribution in [0.1, 0.15) is 58.9 Å². The third kappa shape index (κ3) is 5.09. The summed E-state index contributed by atoms with van der Waals surface area (Å²) in [5, 5.41) is 10.9. The molecule has 3 unspecified atom stereocenters. The monoisotopic (exact) mass is 600 g/mol. The standard InChI is InChI=1S/C33H45ClN2O6/c1-8-10-11-12-17-41-31(40)26-25-29(38)36(24(19-37)20(3)4)28(33(25)18-22(6)32(26,7)42-33)30(39)35(16-9-2)27-21(5)14-13-15-23(27)34/h8-9,13-15,20,22,24-26,28,37H,1-2,10-12,16-19H2,3-7H3/t22?,24-,25-,26-,28?,32+,33?/m0/s1. The minimum Gasteiger partial charge on any atom is -0.465 e. The minimum absolute atomic E-state index is 0.128. The number of anilines is 1. The van der Waals surface area contributed by atoms with Crippen LogP contribution in [0.5, 0.6) is 0 Å². The highest BCUT2D eigenvalue weighted by molar-refractivity contribution is 6.34. The van der Waals surface area contributed by atoms with Gasteiger partial charge in [0.15, 0.2) is 0 Å². The molecule has 230 valence electrons. The molecule has 3 saturated heterocycles. The molecule has 3 heterocycles. The van der Waals surface area contributed by atoms with E-state index in [2.05, 4.69) is 13.2 Å². The number of benzene rings is 1. The summed E-state index contributed by atoms with van der Waals surface area (Å²) in [6.45, 7) is 17.2. The van der Waals surface area contributed by atoms with Gasteiger partial charge in [0, 0.05) is 6.54 Å². The SMILES string of the molecule is C=CCCCCOC(=O)[C@@H]1[C@H]2C(=O)N([C@@H](CO)C(C)C)C(C(=O)N(CC=C)c3c(C)cccc3Cl)C23CC(C)[C@@]1(C)O3. The van der Waals surface area contributed by atoms with Crippen LogP contribution in [0.4, 0.5) is 5.69 Å². The number of aliphatic hydroxyl groups excluding tert-OH is 1. The number of amides is 2. The lowest BCUT2D eigenvalue weighted by atomic mass is 9.62. The number of unbranched alkanes of at least 4 members (excludes halogenated alkanes) is 2. The van der Waals surface area contributed by atoms with Gasteiger partial charge in [-0.25, -0.2) is 0 Å². The van der Waals surface area contributed by atoms with Crippen molar-refractivity contribution in [3.63, 3.8) is 0 Å². The van der Waals surface area contributed by atoms with Gasteiger partial charge < -0.3 is 24.4 Å². The van der Waals surface area contributed by atoms with Gasteiger partial charge in [-0.1, -0.05) is 56.7 Å². The molecule has 1 aromatic rings. The number of carbonyl (C=O) groups excluding carboxylic acids is 3. The maximum Gasteiger partial charge on any atom is 0.312 e. The largest absolute Gasteiger partial charge is 0.465 e. The van der Waals surface area contributed by atoms with Gasteiger partial charge >= 0.3 is 5.97 Å². The zero-order valence-electron chi connectivity index (χ0n) is 25.5. The molecule has 0 radical (unpaired) electrons. The normalized spacial score (nSPS) is 30.4. The average molecular weight is 601 g/mol. The molecule has 1 spiro atoms. The summed E-state index contributed by atoms with van der Waals surface area (Å²) in [6, 6.07) is 3.66. The quantitative estimate of drug-likeness (QED) is 0.192. The number of allylic oxidation sites excluding steroid dienone is 1. The number of aliphatic hydroxyl groups is 1. The Balaban J connectivity index is 1.82. The summed E-state index contributed by atoms with van der Waals surface area (Å²) in [5.41, 5.74) is -0.936. The van der Waals surface area contributed by atoms with Crippen LogP contribution in [0.25, 0.3) is 0 Å². The van der Waals surface area contributed by atoms with E-state index in [1.165, 1.54) is 4.90 Å². The second-order valence-corrected chi connectivity index (χ2v) is 12.9. The molecular formula is C33H45ClN2O6. The molecule has 4 rings (SSSR count). The van der Waals surface area contributed by atoms with E-state index in [9.17, 15) is 19.5 Å². The lowest BCUT2D eigenvalue weighted by molar-refractivity contribution is -0.163. The van der Waals surface area contributed by atoms with Gasteiger partial charge in [-0.15, -0.1) is 13.2 Å². The zero-order valence-corrected chi connectivity index (χ0v) is 26.2. The predicted molar refractivity (Wildman–Crippen MR) is 163 cm³/mol. The van der Waals surface area contributed by atoms with Crippen molar-refractivity contribution in [1.29, 1.82) is 0 Å². The zero-order chi connectivity index (χ0) is 31.0. The van der Waals surface area contributed by atoms with Crippen molar-refractivity contribution in [3.8, 4) is 0 Å². The van der Waals surface area contributed by atoms with Gasteiger partial charge in [0.1, 0.15) is 17.6 Å². The lowest BCUT2D eigenvalue weighted by Crippen LogP contribution is -2.60. The van der Waals surface area contributed by atoms with Gasteiger partial charge in [-0.3, -0.25) is 14.4 Å². The van der Waals surface area contributed by atoms with Crippen molar-refractivity contribution in [2.75, 3.05) is 24.7 Å². The number of hydrogen-bond acceptors (Lipinski definition) is 6. The van der Waals surface area contributed by atoms with Gasteiger partial charge in [0.05, 0.1) is 41.5 Å². The highest BCUT2D eigenvalue weighted by Gasteiger charge is 2.81. The number of fused-ring (bicyclic) bond motifs is 1. The summed E-state index contributed by atoms with van der Waals surface area (Å²) < 4.78 is 12.6. The number of para-hydroxylation sites is 1. The minimum atomic E-state index is -1.27. The second kappa shape index (κ2) is 12.5. The lowest BCUT2D eigenvalue weighted by Gasteiger charge is -2.41. The maximum absolute atomic E-state index is 14.9. The smallest absolute Gasteiger partial charge is 0.312 e. The number of halogens is 1. The van der Waals surface area contributed by atoms with Crippen molar-refractivity contribution in [3.05, 3.63) is 54.1 Å². The molecule has 1 aromatic carbocycles. The topological polar surface area (TPSA) is 96.4 Å². The second-order valence-electron chi connectivity index (χ2n) is 12.5. The summed E-state index contributed by atoms with van der Waals surface area (Å²) in [4.78, 5) is 46.2. The van der Waals surface area contributed by atoms with Gasteiger partial charge in [0.2, 0.25) is 5.91 Å². The van der Waals surface area contributed by atoms with Crippen LogP contribution < -0.4 is 4.90 Å². The Bertz CT molecular complexity index is 1210. The Morgan fingerprint density at radius 1 is 1.29 bits per heavy atom. The molecular weight excluding hydrogens is 556 g/mol. The molecule has 2 bridgehead atoms. The van der Waals surface area contributed by atoms with Crippen molar-refractivity contribution < 1.29 is 29.0 Å². The number of esters is 1. The van der Waals surface area contributed by atoms with Crippen LogP contribution in [0.2, 0.25) is 5.02 Å². The fraction of sp³-hybridized carbons (Fsp3) is 0.606. The van der Waals surface area contributed by atoms with E-state index < -0.39 is 41.1 Å². The number of rotatable bonds is 13. The first-order chi connectivity index (χ1) is 19.9. The first-order valence-corrected chi connectivity index (χ1v) is 15.4. The first kappa shape index (κ1) is 32.2. The van der Waals surface area contributed by atoms with Gasteiger partial charge in [0.25, 0.3) is 5.91 Å². The Morgan fingerprint density at radius 2 is 2.00 bits per heavy atom. The Hall–Kier alpha value is -2.68. The number of carbonyl (C=O) groups is 3. The summed E-state index contributed by atoms with van der Waals surface area (Å²) in [7, 11) is 0. The Morgan fingerprint density at radius 3 is 2.60 bits per heavy atom. The molecule has 1 N–H and O–H groups in total. The molecule has 0 aliphatic carbocycles. The predicted octanol–water partition coefficient (Wildman–Crippen LogP) is 5.09. The van der Waals surface area contributed by atoms with E-state index in [0.717, 1.165) is 18.4 Å². The van der Waals surface area contributed by atoms with E-state index in [-0.39, 0.29) is 43.4 Å². The molecule has 8 nitrogen and oxygen atoms in total. The summed E-state index contributed by atoms with van der Waals surface area (Å²) in [5.74, 6) is -3.31.